The molecule has 1 fully saturated rings. The second-order valence-corrected chi connectivity index (χ2v) is 16.0. The van der Waals surface area contributed by atoms with Gasteiger partial charge in [-0.1, -0.05) is 29.9 Å². The van der Waals surface area contributed by atoms with E-state index in [0.29, 0.717) is 33.7 Å². The maximum absolute atomic E-state index is 15.4. The summed E-state index contributed by atoms with van der Waals surface area (Å²) in [5, 5.41) is 17.8. The maximum Gasteiger partial charge on any atom is 0.304 e. The third-order valence-corrected chi connectivity index (χ3v) is 9.71. The van der Waals surface area contributed by atoms with Crippen molar-refractivity contribution in [2.24, 2.45) is 29.6 Å². The Morgan fingerprint density at radius 2 is 1.79 bits per heavy atom. The number of amides is 1. The zero-order valence-electron chi connectivity index (χ0n) is 31.0. The highest BCUT2D eigenvalue weighted by Crippen LogP contribution is 2.50. The highest BCUT2D eigenvalue weighted by molar-refractivity contribution is 7.92. The number of alkyl halides is 4. The van der Waals surface area contributed by atoms with Gasteiger partial charge in [-0.15, -0.1) is 0 Å². The number of aromatic nitrogens is 3. The van der Waals surface area contributed by atoms with E-state index in [-0.39, 0.29) is 29.2 Å². The van der Waals surface area contributed by atoms with Crippen molar-refractivity contribution in [1.29, 1.82) is 0 Å². The maximum atomic E-state index is 15.4. The number of pyridine rings is 1. The molecule has 18 heteroatoms. The summed E-state index contributed by atoms with van der Waals surface area (Å²) in [4.78, 5) is 22.2. The molecule has 2 aliphatic carbocycles. The lowest BCUT2D eigenvalue weighted by Crippen LogP contribution is -2.35. The molecular weight excluding hydrogens is 777 g/mol. The molecule has 6 rings (SSSR count). The number of aliphatic hydroxyl groups is 1. The monoisotopic (exact) mass is 811 g/mol. The quantitative estimate of drug-likeness (QED) is 0.130. The summed E-state index contributed by atoms with van der Waals surface area (Å²) in [5.41, 5.74) is 3.17. The number of hydrogen-bond donors (Lipinski definition) is 4. The van der Waals surface area contributed by atoms with Crippen LogP contribution in [0.4, 0.5) is 32.2 Å². The van der Waals surface area contributed by atoms with E-state index in [2.05, 4.69) is 43.8 Å². The number of benzene rings is 2. The van der Waals surface area contributed by atoms with Gasteiger partial charge in [-0.05, 0) is 68.5 Å². The highest BCUT2D eigenvalue weighted by Gasteiger charge is 2.61. The fraction of sp³-hybridized carbons (Fsp3) is 0.333. The number of halogens is 6. The molecule has 1 saturated carbocycles. The SMILES string of the molecule is Cc1ccc(-c2ccc(C#CC(C)(C)O)nc2[C@H](Cc2cc(F)cc(F)c2)NC(=O)CN=C2C(=C(N)C(F)F)[C@H]3C#C[C@H]3C2(F)F)c2c1c(NS(C)(=O)=O)nn2C. The number of rotatable bonds is 10. The summed E-state index contributed by atoms with van der Waals surface area (Å²) in [6.07, 6.45) is -2.67. The molecule has 4 aromatic rings. The summed E-state index contributed by atoms with van der Waals surface area (Å²) in [7, 11) is -2.21. The van der Waals surface area contributed by atoms with Crippen LogP contribution in [0.2, 0.25) is 0 Å². The van der Waals surface area contributed by atoms with Crippen molar-refractivity contribution in [3.8, 4) is 34.8 Å². The molecule has 0 spiro atoms. The molecule has 11 nitrogen and oxygen atoms in total. The van der Waals surface area contributed by atoms with Gasteiger partial charge in [0, 0.05) is 35.2 Å². The Kier molecular flexibility index (Phi) is 10.7. The van der Waals surface area contributed by atoms with E-state index in [1.807, 2.05) is 0 Å². The summed E-state index contributed by atoms with van der Waals surface area (Å²) in [6.45, 7) is 3.60. The van der Waals surface area contributed by atoms with Crippen molar-refractivity contribution >= 4 is 38.4 Å². The minimum absolute atomic E-state index is 0.0270. The van der Waals surface area contributed by atoms with Crippen LogP contribution in [0, 0.1) is 54.1 Å². The zero-order valence-corrected chi connectivity index (χ0v) is 31.8. The molecule has 5 N–H and O–H groups in total. The van der Waals surface area contributed by atoms with Gasteiger partial charge in [0.25, 0.3) is 6.43 Å². The molecule has 2 aromatic heterocycles. The van der Waals surface area contributed by atoms with Crippen LogP contribution >= 0.6 is 0 Å². The van der Waals surface area contributed by atoms with Crippen molar-refractivity contribution in [1.82, 2.24) is 20.1 Å². The van der Waals surface area contributed by atoms with Crippen LogP contribution in [-0.2, 0) is 28.3 Å². The third kappa shape index (κ3) is 8.47. The Hall–Kier alpha value is -5.85. The second kappa shape index (κ2) is 14.9. The van der Waals surface area contributed by atoms with Crippen LogP contribution in [0.3, 0.4) is 0 Å². The number of nitrogens with zero attached hydrogens (tertiary/aromatic N) is 4. The average Bonchev–Trinajstić information content (AvgIpc) is 3.46. The standard InChI is InChI=1S/C39H35F6N7O4S/c1-19-6-8-25(34-30(19)37(50-52(34)4)51-57(5,55)56)24-9-7-23(12-13-38(2,3)54)48-33(24)28(16-20-14-21(40)17-22(41)15-20)49-29(53)18-47-35-31(32(46)36(42)43)26-10-11-27(26)39(35,44)45/h6-9,14-15,17,26-28,36,54H,16,18,46H2,1-5H3,(H,49,53)(H,50,51)/t26-,27+,28-/m0/s1. The van der Waals surface area contributed by atoms with Gasteiger partial charge in [0.05, 0.1) is 35.1 Å². The molecule has 0 radical (unpaired) electrons. The van der Waals surface area contributed by atoms with Gasteiger partial charge < -0.3 is 16.2 Å². The van der Waals surface area contributed by atoms with Crippen molar-refractivity contribution in [2.45, 2.75) is 51.2 Å². The highest BCUT2D eigenvalue weighted by atomic mass is 32.2. The molecular formula is C39H35F6N7O4S. The molecule has 2 heterocycles. The third-order valence-electron chi connectivity index (χ3n) is 9.14. The first kappa shape index (κ1) is 40.8. The van der Waals surface area contributed by atoms with E-state index < -0.39 is 86.9 Å². The van der Waals surface area contributed by atoms with Gasteiger partial charge in [-0.2, -0.15) is 13.9 Å². The van der Waals surface area contributed by atoms with Gasteiger partial charge in [0.2, 0.25) is 15.9 Å². The summed E-state index contributed by atoms with van der Waals surface area (Å²) < 4.78 is 116. The molecule has 0 bridgehead atoms. The van der Waals surface area contributed by atoms with Gasteiger partial charge in [-0.3, -0.25) is 19.2 Å². The number of aryl methyl sites for hydroxylation is 2. The van der Waals surface area contributed by atoms with E-state index in [4.69, 9.17) is 10.7 Å². The lowest BCUT2D eigenvalue weighted by Gasteiger charge is -2.23. The van der Waals surface area contributed by atoms with Crippen molar-refractivity contribution < 1.29 is 44.7 Å². The van der Waals surface area contributed by atoms with Crippen LogP contribution < -0.4 is 15.8 Å². The molecule has 2 aromatic carbocycles. The van der Waals surface area contributed by atoms with Gasteiger partial charge in [-0.25, -0.2) is 31.0 Å². The van der Waals surface area contributed by atoms with Gasteiger partial charge >= 0.3 is 5.92 Å². The predicted molar refractivity (Wildman–Crippen MR) is 200 cm³/mol. The molecule has 298 valence electrons. The lowest BCUT2D eigenvalue weighted by molar-refractivity contribution is -0.120. The first-order chi connectivity index (χ1) is 26.5. The fourth-order valence-corrected chi connectivity index (χ4v) is 7.25. The fourth-order valence-electron chi connectivity index (χ4n) is 6.76. The van der Waals surface area contributed by atoms with Crippen molar-refractivity contribution in [2.75, 3.05) is 17.5 Å². The van der Waals surface area contributed by atoms with E-state index in [1.165, 1.54) is 24.6 Å². The normalized spacial score (nSPS) is 19.3. The molecule has 0 saturated heterocycles. The smallest absolute Gasteiger partial charge is 0.304 e. The number of anilines is 1. The Morgan fingerprint density at radius 1 is 1.12 bits per heavy atom. The number of nitrogens with two attached hydrogens (primary N) is 1. The molecule has 1 amide bonds. The van der Waals surface area contributed by atoms with Crippen LogP contribution in [0.25, 0.3) is 22.0 Å². The van der Waals surface area contributed by atoms with Crippen LogP contribution in [-0.4, -0.2) is 70.7 Å². The summed E-state index contributed by atoms with van der Waals surface area (Å²) in [6, 6.07) is 7.87. The van der Waals surface area contributed by atoms with Crippen LogP contribution in [0.1, 0.15) is 42.4 Å². The lowest BCUT2D eigenvalue weighted by atomic mass is 9.85. The largest absolute Gasteiger partial charge is 0.397 e. The van der Waals surface area contributed by atoms with E-state index in [0.717, 1.165) is 18.4 Å². The zero-order chi connectivity index (χ0) is 41.8. The molecule has 0 unspecified atom stereocenters. The van der Waals surface area contributed by atoms with Crippen molar-refractivity contribution in [3.05, 3.63) is 87.9 Å². The van der Waals surface area contributed by atoms with E-state index in [1.54, 1.807) is 32.2 Å². The molecule has 0 aliphatic heterocycles. The first-order valence-corrected chi connectivity index (χ1v) is 19.1. The Morgan fingerprint density at radius 3 is 2.39 bits per heavy atom. The van der Waals surface area contributed by atoms with Crippen molar-refractivity contribution in [3.63, 3.8) is 0 Å². The predicted octanol–water partition coefficient (Wildman–Crippen LogP) is 4.93. The number of carbonyl (C=O) groups is 1. The van der Waals surface area contributed by atoms with E-state index >= 15 is 8.78 Å². The number of nitrogens with one attached hydrogen (secondary N) is 2. The number of allylic oxidation sites excluding steroid dienone is 2. The Bertz CT molecular complexity index is 2610. The molecule has 2 aliphatic rings. The number of hydrogen-bond acceptors (Lipinski definition) is 8. The number of carbonyl (C=O) groups excluding carboxylic acids is 1. The Balaban J connectivity index is 1.51. The number of fused-ring (bicyclic) bond motifs is 2. The summed E-state index contributed by atoms with van der Waals surface area (Å²) in [5.74, 6) is 0.491. The summed E-state index contributed by atoms with van der Waals surface area (Å²) >= 11 is 0. The first-order valence-electron chi connectivity index (χ1n) is 17.2. The minimum atomic E-state index is -3.80. The van der Waals surface area contributed by atoms with Crippen LogP contribution in [0.15, 0.2) is 58.7 Å². The van der Waals surface area contributed by atoms with Gasteiger partial charge in [0.1, 0.15) is 41.1 Å². The Labute approximate surface area is 323 Å². The molecule has 3 atom stereocenters. The number of aliphatic imine (C=N–C) groups is 1. The van der Waals surface area contributed by atoms with Gasteiger partial charge in [0.15, 0.2) is 5.82 Å². The minimum Gasteiger partial charge on any atom is -0.397 e. The second-order valence-electron chi connectivity index (χ2n) is 14.2. The topological polar surface area (TPSA) is 165 Å². The molecule has 57 heavy (non-hydrogen) atoms. The average molecular weight is 812 g/mol. The number of sulfonamides is 1. The van der Waals surface area contributed by atoms with Crippen LogP contribution in [0.5, 0.6) is 0 Å². The van der Waals surface area contributed by atoms with E-state index in [9.17, 15) is 35.9 Å².